The fraction of sp³-hybridized carbons (Fsp3) is 0.547. The van der Waals surface area contributed by atoms with Crippen LogP contribution in [-0.4, -0.2) is 117 Å². The Morgan fingerprint density at radius 2 is 1.26 bits per heavy atom. The number of alkyl carbamates (subject to hydrolysis) is 2. The van der Waals surface area contributed by atoms with E-state index in [2.05, 4.69) is 70.8 Å². The number of aromatic nitrogens is 4. The molecule has 2 aromatic heterocycles. The largest absolute Gasteiger partial charge is 0.488 e. The topological polar surface area (TPSA) is 202 Å². The first kappa shape index (κ1) is 47.5. The number of carbonyl (C=O) groups is 4. The van der Waals surface area contributed by atoms with Gasteiger partial charge in [-0.3, -0.25) is 9.59 Å². The molecule has 0 spiro atoms. The van der Waals surface area contributed by atoms with Crippen LogP contribution in [0.2, 0.25) is 0 Å². The van der Waals surface area contributed by atoms with Gasteiger partial charge in [0.15, 0.2) is 0 Å². The maximum absolute atomic E-state index is 14.6. The van der Waals surface area contributed by atoms with Gasteiger partial charge in [-0.05, 0) is 151 Å². The zero-order valence-corrected chi connectivity index (χ0v) is 41.4. The van der Waals surface area contributed by atoms with Crippen LogP contribution in [0.5, 0.6) is 5.75 Å². The van der Waals surface area contributed by atoms with Gasteiger partial charge in [-0.25, -0.2) is 19.6 Å². The van der Waals surface area contributed by atoms with Crippen LogP contribution in [0.15, 0.2) is 48.7 Å². The monoisotopic (exact) mass is 958 g/mol. The summed E-state index contributed by atoms with van der Waals surface area (Å²) in [6, 6.07) is 12.5. The maximum atomic E-state index is 14.6. The van der Waals surface area contributed by atoms with Gasteiger partial charge in [0, 0.05) is 23.0 Å². The number of amides is 4. The minimum Gasteiger partial charge on any atom is -0.488 e. The van der Waals surface area contributed by atoms with Gasteiger partial charge >= 0.3 is 12.2 Å². The average molecular weight is 959 g/mol. The smallest absolute Gasteiger partial charge is 0.407 e. The summed E-state index contributed by atoms with van der Waals surface area (Å²) in [5.74, 6) is 1.71. The van der Waals surface area contributed by atoms with Crippen molar-refractivity contribution in [1.29, 1.82) is 0 Å². The van der Waals surface area contributed by atoms with Crippen LogP contribution in [-0.2, 0) is 35.1 Å². The van der Waals surface area contributed by atoms with Crippen LogP contribution >= 0.6 is 0 Å². The molecule has 0 bridgehead atoms. The zero-order chi connectivity index (χ0) is 49.1. The molecule has 5 aromatic rings. The van der Waals surface area contributed by atoms with Crippen molar-refractivity contribution in [3.63, 3.8) is 0 Å². The Hall–Kier alpha value is -6.20. The molecule has 5 aliphatic rings. The Kier molecular flexibility index (Phi) is 13.0. The molecule has 372 valence electrons. The van der Waals surface area contributed by atoms with Gasteiger partial charge < -0.3 is 54.1 Å². The normalized spacial score (nSPS) is 28.4. The summed E-state index contributed by atoms with van der Waals surface area (Å²) in [6.45, 7) is 12.5. The SMILES string of the molecule is COC(=O)NC(C(=O)N1[C@@H](C)CC[C@H]1c1ncc(-c2ccc3c(c2)COc2cc4c(ccc5[nH]c([C@@H]6CC[C@H](C)N6C(=O)[C@@H](NC(=O)OC)C6C[C@@H](C)O[C@H](C)C6)nc54)cc2-3)[nH]1)C1C[C@@H](C)O[C@@H](C)C1. The number of fused-ring (bicyclic) bond motifs is 6. The van der Waals surface area contributed by atoms with Gasteiger partial charge in [-0.15, -0.1) is 0 Å². The Morgan fingerprint density at radius 3 is 1.83 bits per heavy atom. The summed E-state index contributed by atoms with van der Waals surface area (Å²) >= 11 is 0. The van der Waals surface area contributed by atoms with E-state index in [-0.39, 0.29) is 72.2 Å². The number of carbonyl (C=O) groups excluding carboxylic acids is 4. The Bertz CT molecular complexity index is 2790. The van der Waals surface area contributed by atoms with E-state index >= 15 is 0 Å². The molecule has 4 fully saturated rings. The molecule has 4 saturated heterocycles. The summed E-state index contributed by atoms with van der Waals surface area (Å²) in [7, 11) is 2.63. The minimum atomic E-state index is -0.758. The van der Waals surface area contributed by atoms with E-state index in [0.717, 1.165) is 81.2 Å². The van der Waals surface area contributed by atoms with Crippen molar-refractivity contribution in [1.82, 2.24) is 40.4 Å². The highest BCUT2D eigenvalue weighted by Gasteiger charge is 2.46. The van der Waals surface area contributed by atoms with Crippen LogP contribution in [0.1, 0.15) is 122 Å². The number of hydrogen-bond acceptors (Lipinski definition) is 11. The number of benzene rings is 3. The van der Waals surface area contributed by atoms with Crippen LogP contribution in [0.25, 0.3) is 44.2 Å². The van der Waals surface area contributed by atoms with Crippen molar-refractivity contribution < 1.29 is 42.9 Å². The predicted molar refractivity (Wildman–Crippen MR) is 262 cm³/mol. The molecule has 4 amide bonds. The molecule has 10 rings (SSSR count). The van der Waals surface area contributed by atoms with Crippen molar-refractivity contribution in [3.8, 4) is 28.1 Å². The standard InChI is InChI=1S/C53H66N8O9/c1-26-9-15-42(60(26)50(62)45(58-52(64)66-7)34-17-28(3)69-29(4)18-34)48-54-24-41(56-48)33-11-13-37-36(21-33)25-68-44-23-38-32(22-39(37)44)12-14-40-47(38)57-49(55-40)43-16-10-27(2)61(43)51(63)46(59-53(65)67-8)35-19-30(5)70-31(6)20-35/h11-14,21-24,26-31,34-35,42-43,45-46H,9-10,15-20,25H2,1-8H3,(H,54,56)(H,55,57)(H,58,64)(H,59,65)/t26-,27-,28-,29+,30+,31+,34?,42-,43-,45?,46-/m0/s1. The lowest BCUT2D eigenvalue weighted by Crippen LogP contribution is -2.55. The summed E-state index contributed by atoms with van der Waals surface area (Å²) in [5.41, 5.74) is 6.56. The number of likely N-dealkylation sites (tertiary alicyclic amines) is 2. The number of nitrogens with one attached hydrogen (secondary N) is 4. The lowest BCUT2D eigenvalue weighted by atomic mass is 9.85. The molecule has 11 atom stereocenters. The molecule has 17 heteroatoms. The van der Waals surface area contributed by atoms with Gasteiger partial charge in [0.05, 0.1) is 73.6 Å². The second-order valence-electron chi connectivity index (χ2n) is 20.6. The van der Waals surface area contributed by atoms with Crippen molar-refractivity contribution in [3.05, 3.63) is 65.9 Å². The van der Waals surface area contributed by atoms with Crippen molar-refractivity contribution in [2.75, 3.05) is 14.2 Å². The predicted octanol–water partition coefficient (Wildman–Crippen LogP) is 8.63. The molecular weight excluding hydrogens is 893 g/mol. The van der Waals surface area contributed by atoms with Crippen molar-refractivity contribution >= 4 is 45.8 Å². The van der Waals surface area contributed by atoms with Gasteiger partial charge in [0.25, 0.3) is 0 Å². The quantitative estimate of drug-likeness (QED) is 0.110. The first-order chi connectivity index (χ1) is 33.7. The average Bonchev–Trinajstić information content (AvgIpc) is 4.16. The van der Waals surface area contributed by atoms with E-state index in [1.54, 1.807) is 0 Å². The van der Waals surface area contributed by atoms with Gasteiger partial charge in [0.2, 0.25) is 11.8 Å². The van der Waals surface area contributed by atoms with E-state index < -0.39 is 24.3 Å². The first-order valence-corrected chi connectivity index (χ1v) is 25.1. The number of nitrogens with zero attached hydrogens (tertiary/aromatic N) is 4. The second kappa shape index (κ2) is 19.2. The van der Waals surface area contributed by atoms with E-state index in [1.165, 1.54) is 14.2 Å². The Morgan fingerprint density at radius 1 is 0.686 bits per heavy atom. The van der Waals surface area contributed by atoms with Gasteiger partial charge in [0.1, 0.15) is 36.1 Å². The first-order valence-electron chi connectivity index (χ1n) is 25.1. The summed E-state index contributed by atoms with van der Waals surface area (Å²) < 4.78 is 28.5. The zero-order valence-electron chi connectivity index (χ0n) is 41.4. The molecule has 0 saturated carbocycles. The molecular formula is C53H66N8O9. The lowest BCUT2D eigenvalue weighted by Gasteiger charge is -2.39. The van der Waals surface area contributed by atoms with Crippen molar-refractivity contribution in [2.45, 2.75) is 160 Å². The molecule has 17 nitrogen and oxygen atoms in total. The highest BCUT2D eigenvalue weighted by molar-refractivity contribution is 6.07. The van der Waals surface area contributed by atoms with E-state index in [1.807, 2.05) is 49.8 Å². The van der Waals surface area contributed by atoms with Crippen LogP contribution < -0.4 is 15.4 Å². The third kappa shape index (κ3) is 8.95. The van der Waals surface area contributed by atoms with Gasteiger partial charge in [-0.2, -0.15) is 0 Å². The number of hydrogen-bond donors (Lipinski definition) is 4. The number of methoxy groups -OCH3 is 2. The molecule has 5 aliphatic heterocycles. The summed E-state index contributed by atoms with van der Waals surface area (Å²) in [4.78, 5) is 75.4. The van der Waals surface area contributed by atoms with Crippen LogP contribution in [0.3, 0.4) is 0 Å². The van der Waals surface area contributed by atoms with Crippen LogP contribution in [0, 0.1) is 11.8 Å². The highest BCUT2D eigenvalue weighted by atomic mass is 16.5. The second-order valence-corrected chi connectivity index (χ2v) is 20.6. The Balaban J connectivity index is 0.891. The van der Waals surface area contributed by atoms with Crippen LogP contribution in [0.4, 0.5) is 9.59 Å². The number of rotatable bonds is 9. The van der Waals surface area contributed by atoms with Crippen molar-refractivity contribution in [2.24, 2.45) is 11.8 Å². The number of H-pyrrole nitrogens is 2. The molecule has 3 aromatic carbocycles. The van der Waals surface area contributed by atoms with Gasteiger partial charge in [-0.1, -0.05) is 18.2 Å². The molecule has 4 N–H and O–H groups in total. The molecule has 7 heterocycles. The third-order valence-electron chi connectivity index (χ3n) is 15.6. The minimum absolute atomic E-state index is 0.0334. The molecule has 0 radical (unpaired) electrons. The third-order valence-corrected chi connectivity index (χ3v) is 15.6. The van der Waals surface area contributed by atoms with E-state index in [4.69, 9.17) is 33.7 Å². The Labute approximate surface area is 408 Å². The molecule has 0 aliphatic carbocycles. The number of imidazole rings is 2. The molecule has 2 unspecified atom stereocenters. The number of aromatic amines is 2. The maximum Gasteiger partial charge on any atom is 0.407 e. The summed E-state index contributed by atoms with van der Waals surface area (Å²) in [6.07, 6.45) is 6.13. The molecule has 70 heavy (non-hydrogen) atoms. The van der Waals surface area contributed by atoms with E-state index in [0.29, 0.717) is 43.9 Å². The van der Waals surface area contributed by atoms with E-state index in [9.17, 15) is 19.2 Å². The number of ether oxygens (including phenoxy) is 5. The fourth-order valence-electron chi connectivity index (χ4n) is 12.4. The fourth-order valence-corrected chi connectivity index (χ4v) is 12.4. The summed E-state index contributed by atoms with van der Waals surface area (Å²) in [5, 5.41) is 7.74. The lowest BCUT2D eigenvalue weighted by molar-refractivity contribution is -0.141. The highest BCUT2D eigenvalue weighted by Crippen LogP contribution is 2.45.